The number of aromatic nitrogens is 2. The highest BCUT2D eigenvalue weighted by atomic mass is 16.1. The summed E-state index contributed by atoms with van der Waals surface area (Å²) in [7, 11) is 0. The molecule has 0 aromatic carbocycles. The van der Waals surface area contributed by atoms with E-state index in [1.54, 1.807) is 0 Å². The van der Waals surface area contributed by atoms with Crippen LogP contribution in [0.4, 0.5) is 0 Å². The van der Waals surface area contributed by atoms with Gasteiger partial charge in [0.05, 0.1) is 5.54 Å². The molecule has 0 spiro atoms. The number of H-pyrrole nitrogens is 1. The van der Waals surface area contributed by atoms with Gasteiger partial charge in [-0.05, 0) is 26.7 Å². The first-order valence-electron chi connectivity index (χ1n) is 5.13. The third-order valence-electron chi connectivity index (χ3n) is 2.33. The monoisotopic (exact) mass is 209 g/mol. The van der Waals surface area contributed by atoms with Crippen LogP contribution in [0.25, 0.3) is 0 Å². The molecule has 3 N–H and O–H groups in total. The molecule has 0 aliphatic carbocycles. The van der Waals surface area contributed by atoms with Crippen molar-refractivity contribution in [2.75, 3.05) is 0 Å². The van der Waals surface area contributed by atoms with Crippen molar-refractivity contribution < 1.29 is 0 Å². The molecule has 4 heteroatoms. The topological polar surface area (TPSA) is 71.8 Å². The second kappa shape index (κ2) is 3.77. The molecule has 4 nitrogen and oxygen atoms in total. The number of nitrogens with two attached hydrogens (primary N) is 1. The Balaban J connectivity index is 3.39. The molecular formula is C11H19N3O. The average molecular weight is 209 g/mol. The summed E-state index contributed by atoms with van der Waals surface area (Å²) in [5.74, 6) is 0.714. The highest BCUT2D eigenvalue weighted by Crippen LogP contribution is 2.16. The summed E-state index contributed by atoms with van der Waals surface area (Å²) in [5, 5.41) is 0. The third kappa shape index (κ3) is 2.45. The minimum atomic E-state index is -0.612. The van der Waals surface area contributed by atoms with E-state index in [0.29, 0.717) is 5.82 Å². The molecule has 15 heavy (non-hydrogen) atoms. The minimum absolute atomic E-state index is 0.0778. The first-order chi connectivity index (χ1) is 6.73. The number of aromatic amines is 1. The van der Waals surface area contributed by atoms with Crippen LogP contribution in [0.2, 0.25) is 0 Å². The number of hydrogen-bond acceptors (Lipinski definition) is 3. The van der Waals surface area contributed by atoms with E-state index in [2.05, 4.69) is 9.97 Å². The van der Waals surface area contributed by atoms with E-state index in [9.17, 15) is 4.79 Å². The van der Waals surface area contributed by atoms with Crippen molar-refractivity contribution in [3.63, 3.8) is 0 Å². The van der Waals surface area contributed by atoms with Gasteiger partial charge in [0.2, 0.25) is 0 Å². The molecule has 1 heterocycles. The van der Waals surface area contributed by atoms with Gasteiger partial charge in [0, 0.05) is 11.3 Å². The lowest BCUT2D eigenvalue weighted by atomic mass is 10.0. The summed E-state index contributed by atoms with van der Waals surface area (Å²) in [6, 6.07) is 0. The van der Waals surface area contributed by atoms with Gasteiger partial charge in [-0.25, -0.2) is 4.98 Å². The maximum absolute atomic E-state index is 11.8. The average Bonchev–Trinajstić information content (AvgIpc) is 1.99. The smallest absolute Gasteiger partial charge is 0.254 e. The van der Waals surface area contributed by atoms with Crippen LogP contribution in [0.5, 0.6) is 0 Å². The van der Waals surface area contributed by atoms with Crippen molar-refractivity contribution in [3.05, 3.63) is 27.4 Å². The lowest BCUT2D eigenvalue weighted by Gasteiger charge is -2.19. The van der Waals surface area contributed by atoms with Crippen LogP contribution in [0.1, 0.15) is 50.7 Å². The van der Waals surface area contributed by atoms with Gasteiger partial charge in [0.25, 0.3) is 5.56 Å². The van der Waals surface area contributed by atoms with E-state index in [1.165, 1.54) is 0 Å². The Morgan fingerprint density at radius 2 is 1.93 bits per heavy atom. The fourth-order valence-corrected chi connectivity index (χ4v) is 1.58. The molecule has 0 saturated heterocycles. The molecule has 0 aliphatic heterocycles. The summed E-state index contributed by atoms with van der Waals surface area (Å²) in [6.45, 7) is 9.44. The number of aryl methyl sites for hydroxylation is 1. The predicted octanol–water partition coefficient (Wildman–Crippen LogP) is 1.40. The zero-order chi connectivity index (χ0) is 11.8. The van der Waals surface area contributed by atoms with Gasteiger partial charge in [0.15, 0.2) is 0 Å². The van der Waals surface area contributed by atoms with Crippen LogP contribution in [-0.2, 0) is 5.54 Å². The van der Waals surface area contributed by atoms with Crippen LogP contribution in [0.3, 0.4) is 0 Å². The van der Waals surface area contributed by atoms with Crippen LogP contribution in [0.15, 0.2) is 4.79 Å². The lowest BCUT2D eigenvalue weighted by Crippen LogP contribution is -2.35. The zero-order valence-corrected chi connectivity index (χ0v) is 10.0. The molecule has 0 fully saturated rings. The third-order valence-corrected chi connectivity index (χ3v) is 2.33. The normalized spacial score (nSPS) is 12.2. The summed E-state index contributed by atoms with van der Waals surface area (Å²) in [5.41, 5.74) is 6.70. The lowest BCUT2D eigenvalue weighted by molar-refractivity contribution is 0.507. The fourth-order valence-electron chi connectivity index (χ4n) is 1.58. The Morgan fingerprint density at radius 3 is 2.27 bits per heavy atom. The summed E-state index contributed by atoms with van der Waals surface area (Å²) in [6.07, 6.45) is 0. The SMILES string of the molecule is Cc1nc(C(C)(C)N)[nH]c(=O)c1C(C)C. The van der Waals surface area contributed by atoms with Gasteiger partial charge in [-0.3, -0.25) is 4.79 Å². The van der Waals surface area contributed by atoms with Crippen molar-refractivity contribution in [2.45, 2.75) is 46.1 Å². The van der Waals surface area contributed by atoms with Gasteiger partial charge in [-0.15, -0.1) is 0 Å². The highest BCUT2D eigenvalue weighted by molar-refractivity contribution is 5.21. The van der Waals surface area contributed by atoms with Crippen LogP contribution >= 0.6 is 0 Å². The van der Waals surface area contributed by atoms with E-state index in [0.717, 1.165) is 11.3 Å². The summed E-state index contributed by atoms with van der Waals surface area (Å²) in [4.78, 5) is 18.9. The van der Waals surface area contributed by atoms with Crippen molar-refractivity contribution in [2.24, 2.45) is 5.73 Å². The predicted molar refractivity (Wildman–Crippen MR) is 60.9 cm³/mol. The standard InChI is InChI=1S/C11H19N3O/c1-6(2)8-7(3)13-10(11(4,5)12)14-9(8)15/h6H,12H2,1-5H3,(H,13,14,15). The molecule has 1 aromatic rings. The summed E-state index contributed by atoms with van der Waals surface area (Å²) < 4.78 is 0. The minimum Gasteiger partial charge on any atom is -0.319 e. The van der Waals surface area contributed by atoms with Gasteiger partial charge in [0.1, 0.15) is 5.82 Å². The zero-order valence-electron chi connectivity index (χ0n) is 10.0. The quantitative estimate of drug-likeness (QED) is 0.773. The van der Waals surface area contributed by atoms with Crippen LogP contribution in [-0.4, -0.2) is 9.97 Å². The molecular weight excluding hydrogens is 190 g/mol. The Hall–Kier alpha value is -1.16. The summed E-state index contributed by atoms with van der Waals surface area (Å²) >= 11 is 0. The van der Waals surface area contributed by atoms with Gasteiger partial charge >= 0.3 is 0 Å². The van der Waals surface area contributed by atoms with E-state index < -0.39 is 5.54 Å². The molecule has 1 aromatic heterocycles. The second-order valence-electron chi connectivity index (χ2n) is 4.79. The maximum atomic E-state index is 11.8. The number of hydrogen-bond donors (Lipinski definition) is 2. The number of rotatable bonds is 2. The van der Waals surface area contributed by atoms with Gasteiger partial charge in [-0.2, -0.15) is 0 Å². The molecule has 84 valence electrons. The van der Waals surface area contributed by atoms with E-state index in [4.69, 9.17) is 5.73 Å². The van der Waals surface area contributed by atoms with Gasteiger partial charge in [-0.1, -0.05) is 13.8 Å². The largest absolute Gasteiger partial charge is 0.319 e. The molecule has 0 radical (unpaired) electrons. The molecule has 1 rings (SSSR count). The molecule has 0 amide bonds. The van der Waals surface area contributed by atoms with Crippen molar-refractivity contribution in [1.29, 1.82) is 0 Å². The van der Waals surface area contributed by atoms with Crippen molar-refractivity contribution in [1.82, 2.24) is 9.97 Å². The molecule has 0 bridgehead atoms. The first kappa shape index (κ1) is 11.9. The Labute approximate surface area is 89.9 Å². The van der Waals surface area contributed by atoms with Crippen LogP contribution < -0.4 is 11.3 Å². The Morgan fingerprint density at radius 1 is 1.40 bits per heavy atom. The van der Waals surface area contributed by atoms with Gasteiger partial charge < -0.3 is 10.7 Å². The van der Waals surface area contributed by atoms with Crippen molar-refractivity contribution >= 4 is 0 Å². The maximum Gasteiger partial charge on any atom is 0.254 e. The molecule has 0 aliphatic rings. The fraction of sp³-hybridized carbons (Fsp3) is 0.636. The van der Waals surface area contributed by atoms with E-state index >= 15 is 0 Å². The molecule has 0 saturated carbocycles. The van der Waals surface area contributed by atoms with Crippen LogP contribution in [0, 0.1) is 6.92 Å². The van der Waals surface area contributed by atoms with Crippen molar-refractivity contribution in [3.8, 4) is 0 Å². The Kier molecular flexibility index (Phi) is 3.00. The Bertz CT molecular complexity index is 413. The number of nitrogens with one attached hydrogen (secondary N) is 1. The second-order valence-corrected chi connectivity index (χ2v) is 4.79. The molecule has 0 atom stereocenters. The van der Waals surface area contributed by atoms with E-state index in [1.807, 2.05) is 34.6 Å². The highest BCUT2D eigenvalue weighted by Gasteiger charge is 2.20. The number of nitrogens with zero attached hydrogens (tertiary/aromatic N) is 1. The first-order valence-corrected chi connectivity index (χ1v) is 5.13. The van der Waals surface area contributed by atoms with E-state index in [-0.39, 0.29) is 11.5 Å². The molecule has 0 unspecified atom stereocenters.